The number of aryl methyl sites for hydroxylation is 1. The SMILES string of the molecule is C=CCC(F)(F)c1ccc(C)c(C(C)C)c1. The first kappa shape index (κ1) is 12.9. The van der Waals surface area contributed by atoms with Gasteiger partial charge in [-0.05, 0) is 30.0 Å². The van der Waals surface area contributed by atoms with Crippen LogP contribution in [0.1, 0.15) is 42.9 Å². The van der Waals surface area contributed by atoms with E-state index in [1.165, 1.54) is 12.1 Å². The summed E-state index contributed by atoms with van der Waals surface area (Å²) in [5.74, 6) is -2.54. The monoisotopic (exact) mass is 224 g/mol. The van der Waals surface area contributed by atoms with Crippen molar-refractivity contribution >= 4 is 0 Å². The molecule has 1 aromatic rings. The lowest BCUT2D eigenvalue weighted by Crippen LogP contribution is -2.12. The van der Waals surface area contributed by atoms with Gasteiger partial charge in [-0.1, -0.05) is 32.1 Å². The molecule has 0 aliphatic carbocycles. The normalized spacial score (nSPS) is 11.9. The van der Waals surface area contributed by atoms with Gasteiger partial charge in [-0.3, -0.25) is 0 Å². The number of benzene rings is 1. The summed E-state index contributed by atoms with van der Waals surface area (Å²) >= 11 is 0. The molecule has 0 N–H and O–H groups in total. The molecule has 0 saturated carbocycles. The highest BCUT2D eigenvalue weighted by Gasteiger charge is 2.30. The first-order chi connectivity index (χ1) is 7.38. The number of hydrogen-bond acceptors (Lipinski definition) is 0. The summed E-state index contributed by atoms with van der Waals surface area (Å²) in [6, 6.07) is 4.88. The maximum atomic E-state index is 13.7. The molecule has 1 rings (SSSR count). The van der Waals surface area contributed by atoms with Gasteiger partial charge in [-0.2, -0.15) is 0 Å². The van der Waals surface area contributed by atoms with Gasteiger partial charge in [0.25, 0.3) is 5.92 Å². The van der Waals surface area contributed by atoms with E-state index in [1.54, 1.807) is 12.1 Å². The highest BCUT2D eigenvalue weighted by atomic mass is 19.3. The summed E-state index contributed by atoms with van der Waals surface area (Å²) in [5, 5.41) is 0. The fourth-order valence-electron chi connectivity index (χ4n) is 1.79. The van der Waals surface area contributed by atoms with Crippen LogP contribution in [0.15, 0.2) is 30.9 Å². The minimum Gasteiger partial charge on any atom is -0.201 e. The van der Waals surface area contributed by atoms with Crippen molar-refractivity contribution in [3.05, 3.63) is 47.5 Å². The molecule has 0 aliphatic rings. The smallest absolute Gasteiger partial charge is 0.201 e. The van der Waals surface area contributed by atoms with Crippen LogP contribution >= 0.6 is 0 Å². The van der Waals surface area contributed by atoms with E-state index < -0.39 is 5.92 Å². The van der Waals surface area contributed by atoms with E-state index in [-0.39, 0.29) is 17.9 Å². The Kier molecular flexibility index (Phi) is 3.84. The molecule has 0 atom stereocenters. The summed E-state index contributed by atoms with van der Waals surface area (Å²) in [7, 11) is 0. The second-order valence-electron chi connectivity index (χ2n) is 4.42. The van der Waals surface area contributed by atoms with Crippen LogP contribution in [0.5, 0.6) is 0 Å². The molecular weight excluding hydrogens is 206 g/mol. The maximum Gasteiger partial charge on any atom is 0.276 e. The Balaban J connectivity index is 3.16. The highest BCUT2D eigenvalue weighted by Crippen LogP contribution is 2.34. The Morgan fingerprint density at radius 2 is 2.00 bits per heavy atom. The van der Waals surface area contributed by atoms with E-state index >= 15 is 0 Å². The van der Waals surface area contributed by atoms with E-state index in [0.717, 1.165) is 11.1 Å². The molecule has 0 aliphatic heterocycles. The van der Waals surface area contributed by atoms with Gasteiger partial charge in [0.05, 0.1) is 0 Å². The van der Waals surface area contributed by atoms with Gasteiger partial charge >= 0.3 is 0 Å². The molecule has 0 heterocycles. The van der Waals surface area contributed by atoms with Crippen molar-refractivity contribution in [3.63, 3.8) is 0 Å². The molecule has 0 amide bonds. The summed E-state index contributed by atoms with van der Waals surface area (Å²) in [4.78, 5) is 0. The van der Waals surface area contributed by atoms with Crippen LogP contribution < -0.4 is 0 Å². The lowest BCUT2D eigenvalue weighted by Gasteiger charge is -2.18. The van der Waals surface area contributed by atoms with Crippen LogP contribution in [-0.2, 0) is 5.92 Å². The molecule has 16 heavy (non-hydrogen) atoms. The molecule has 1 aromatic carbocycles. The van der Waals surface area contributed by atoms with Crippen molar-refractivity contribution in [2.24, 2.45) is 0 Å². The third kappa shape index (κ3) is 2.69. The van der Waals surface area contributed by atoms with E-state index in [4.69, 9.17) is 0 Å². The van der Waals surface area contributed by atoms with E-state index in [9.17, 15) is 8.78 Å². The summed E-state index contributed by atoms with van der Waals surface area (Å²) < 4.78 is 27.3. The van der Waals surface area contributed by atoms with Crippen molar-refractivity contribution in [2.45, 2.75) is 39.0 Å². The average Bonchev–Trinajstić information content (AvgIpc) is 2.17. The fraction of sp³-hybridized carbons (Fsp3) is 0.429. The topological polar surface area (TPSA) is 0 Å². The predicted octanol–water partition coefficient (Wildman–Crippen LogP) is 4.79. The van der Waals surface area contributed by atoms with Crippen LogP contribution in [0.4, 0.5) is 8.78 Å². The number of halogens is 2. The molecule has 88 valence electrons. The minimum absolute atomic E-state index is 0.0849. The maximum absolute atomic E-state index is 13.7. The van der Waals surface area contributed by atoms with Gasteiger partial charge < -0.3 is 0 Å². The van der Waals surface area contributed by atoms with Gasteiger partial charge in [0.1, 0.15) is 0 Å². The second kappa shape index (κ2) is 4.77. The third-order valence-corrected chi connectivity index (χ3v) is 2.72. The van der Waals surface area contributed by atoms with E-state index in [0.29, 0.717) is 0 Å². The summed E-state index contributed by atoms with van der Waals surface area (Å²) in [6.07, 6.45) is 0.947. The second-order valence-corrected chi connectivity index (χ2v) is 4.42. The Hall–Kier alpha value is -1.18. The van der Waals surface area contributed by atoms with Gasteiger partial charge in [0.2, 0.25) is 0 Å². The zero-order valence-corrected chi connectivity index (χ0v) is 10.1. The largest absolute Gasteiger partial charge is 0.276 e. The molecule has 0 aromatic heterocycles. The van der Waals surface area contributed by atoms with Crippen molar-refractivity contribution in [1.82, 2.24) is 0 Å². The quantitative estimate of drug-likeness (QED) is 0.645. The van der Waals surface area contributed by atoms with Crippen molar-refractivity contribution in [3.8, 4) is 0 Å². The highest BCUT2D eigenvalue weighted by molar-refractivity contribution is 5.35. The molecule has 2 heteroatoms. The Morgan fingerprint density at radius 3 is 2.50 bits per heavy atom. The standard InChI is InChI=1S/C14H18F2/c1-5-8-14(15,16)12-7-6-11(4)13(9-12)10(2)3/h5-7,9-10H,1,8H2,2-4H3. The number of hydrogen-bond donors (Lipinski definition) is 0. The molecule has 0 spiro atoms. The Labute approximate surface area is 96.0 Å². The van der Waals surface area contributed by atoms with Crippen LogP contribution in [0, 0.1) is 6.92 Å². The van der Waals surface area contributed by atoms with E-state index in [2.05, 4.69) is 6.58 Å². The average molecular weight is 224 g/mol. The summed E-state index contributed by atoms with van der Waals surface area (Å²) in [5.41, 5.74) is 2.14. The molecule has 0 nitrogen and oxygen atoms in total. The van der Waals surface area contributed by atoms with Gasteiger partial charge in [0.15, 0.2) is 0 Å². The van der Waals surface area contributed by atoms with Gasteiger partial charge in [0, 0.05) is 12.0 Å². The lowest BCUT2D eigenvalue weighted by molar-refractivity contribution is -0.000942. The number of rotatable bonds is 4. The fourth-order valence-corrected chi connectivity index (χ4v) is 1.79. The third-order valence-electron chi connectivity index (χ3n) is 2.72. The van der Waals surface area contributed by atoms with E-state index in [1.807, 2.05) is 20.8 Å². The number of alkyl halides is 2. The molecule has 0 saturated heterocycles. The van der Waals surface area contributed by atoms with Crippen molar-refractivity contribution < 1.29 is 8.78 Å². The molecule has 0 fully saturated rings. The first-order valence-corrected chi connectivity index (χ1v) is 5.48. The van der Waals surface area contributed by atoms with Crippen LogP contribution in [-0.4, -0.2) is 0 Å². The van der Waals surface area contributed by atoms with Crippen molar-refractivity contribution in [1.29, 1.82) is 0 Å². The zero-order chi connectivity index (χ0) is 12.3. The molecule has 0 bridgehead atoms. The van der Waals surface area contributed by atoms with Crippen molar-refractivity contribution in [2.75, 3.05) is 0 Å². The molecular formula is C14H18F2. The van der Waals surface area contributed by atoms with Crippen LogP contribution in [0.25, 0.3) is 0 Å². The Bertz CT molecular complexity index is 378. The Morgan fingerprint density at radius 1 is 1.38 bits per heavy atom. The minimum atomic E-state index is -2.81. The summed E-state index contributed by atoms with van der Waals surface area (Å²) in [6.45, 7) is 9.34. The zero-order valence-electron chi connectivity index (χ0n) is 10.1. The van der Waals surface area contributed by atoms with Crippen LogP contribution in [0.2, 0.25) is 0 Å². The van der Waals surface area contributed by atoms with Crippen LogP contribution in [0.3, 0.4) is 0 Å². The molecule has 0 radical (unpaired) electrons. The predicted molar refractivity (Wildman–Crippen MR) is 64.0 cm³/mol. The van der Waals surface area contributed by atoms with Gasteiger partial charge in [-0.15, -0.1) is 6.58 Å². The van der Waals surface area contributed by atoms with Gasteiger partial charge in [-0.25, -0.2) is 8.78 Å². The first-order valence-electron chi connectivity index (χ1n) is 5.48. The molecule has 0 unspecified atom stereocenters. The lowest BCUT2D eigenvalue weighted by atomic mass is 9.93. The number of allylic oxidation sites excluding steroid dienone is 1.